The van der Waals surface area contributed by atoms with Gasteiger partial charge in [0.2, 0.25) is 0 Å². The van der Waals surface area contributed by atoms with E-state index in [2.05, 4.69) is 46.8 Å². The number of H-pyrrole nitrogens is 1. The monoisotopic (exact) mass is 469 g/mol. The number of aliphatic carboxylic acids is 2. The number of anilines is 1. The summed E-state index contributed by atoms with van der Waals surface area (Å²) in [7, 11) is 0. The lowest BCUT2D eigenvalue weighted by Crippen LogP contribution is -2.49. The summed E-state index contributed by atoms with van der Waals surface area (Å²) >= 11 is 0. The molecule has 1 aliphatic rings. The van der Waals surface area contributed by atoms with Crippen LogP contribution in [0, 0.1) is 13.8 Å². The van der Waals surface area contributed by atoms with Gasteiger partial charge in [0, 0.05) is 55.5 Å². The summed E-state index contributed by atoms with van der Waals surface area (Å²) in [5.41, 5.74) is 5.09. The topological polar surface area (TPSA) is 126 Å². The predicted octanol–water partition coefficient (Wildman–Crippen LogP) is 2.50. The van der Waals surface area contributed by atoms with Gasteiger partial charge < -0.3 is 29.9 Å². The molecule has 2 heterocycles. The average Bonchev–Trinajstić information content (AvgIpc) is 3.30. The summed E-state index contributed by atoms with van der Waals surface area (Å²) in [5.74, 6) is -2.83. The van der Waals surface area contributed by atoms with Crippen LogP contribution in [0.3, 0.4) is 0 Å². The number of piperazine rings is 1. The van der Waals surface area contributed by atoms with E-state index >= 15 is 0 Å². The van der Waals surface area contributed by atoms with E-state index in [1.807, 2.05) is 30.5 Å². The molecule has 1 aliphatic heterocycles. The normalized spacial score (nSPS) is 14.9. The Morgan fingerprint density at radius 3 is 2.35 bits per heavy atom. The number of aryl methyl sites for hydroxylation is 1. The number of carboxylic acids is 2. The smallest absolute Gasteiger partial charge is 0.414 e. The molecule has 9 nitrogen and oxygen atoms in total. The van der Waals surface area contributed by atoms with Crippen molar-refractivity contribution in [3.8, 4) is 5.75 Å². The number of benzene rings is 2. The van der Waals surface area contributed by atoms with Crippen LogP contribution in [0.4, 0.5) is 5.69 Å². The summed E-state index contributed by atoms with van der Waals surface area (Å²) in [4.78, 5) is 26.2. The summed E-state index contributed by atoms with van der Waals surface area (Å²) in [6.07, 6.45) is 1.41. The van der Waals surface area contributed by atoms with Gasteiger partial charge in [0.05, 0.1) is 0 Å². The number of rotatable bonds is 6. The number of aliphatic hydroxyl groups is 1. The van der Waals surface area contributed by atoms with Crippen molar-refractivity contribution >= 4 is 28.5 Å². The van der Waals surface area contributed by atoms with Gasteiger partial charge in [-0.25, -0.2) is 9.59 Å². The molecule has 0 saturated carbocycles. The minimum atomic E-state index is -1.82. The number of hydrogen-bond donors (Lipinski definition) is 4. The van der Waals surface area contributed by atoms with Gasteiger partial charge in [-0.05, 0) is 49.2 Å². The number of carbonyl (C=O) groups is 2. The Hall–Kier alpha value is -3.56. The van der Waals surface area contributed by atoms with E-state index in [-0.39, 0.29) is 0 Å². The zero-order valence-electron chi connectivity index (χ0n) is 19.4. The molecule has 0 radical (unpaired) electrons. The number of β-amino-alcohol motifs (C(OH)–C–C–N with tert-alkyl or cyclic N) is 1. The third kappa shape index (κ3) is 6.49. The number of carboxylic acid groups (broad SMARTS) is 2. The molecule has 3 aromatic rings. The minimum absolute atomic E-state index is 0.307. The molecular formula is C25H31N3O6. The average molecular weight is 470 g/mol. The predicted molar refractivity (Wildman–Crippen MR) is 130 cm³/mol. The van der Waals surface area contributed by atoms with Crippen LogP contribution in [0.25, 0.3) is 10.9 Å². The number of nitrogens with zero attached hydrogens (tertiary/aromatic N) is 2. The van der Waals surface area contributed by atoms with Gasteiger partial charge in [-0.15, -0.1) is 0 Å². The van der Waals surface area contributed by atoms with E-state index in [4.69, 9.17) is 24.5 Å². The maximum Gasteiger partial charge on any atom is 0.414 e. The first-order valence-electron chi connectivity index (χ1n) is 11.1. The fraction of sp³-hybridized carbons (Fsp3) is 0.360. The Kier molecular flexibility index (Phi) is 8.50. The molecule has 1 fully saturated rings. The van der Waals surface area contributed by atoms with Gasteiger partial charge in [0.15, 0.2) is 0 Å². The van der Waals surface area contributed by atoms with Crippen molar-refractivity contribution in [2.75, 3.05) is 44.2 Å². The number of hydrogen-bond acceptors (Lipinski definition) is 6. The lowest BCUT2D eigenvalue weighted by Gasteiger charge is -2.37. The fourth-order valence-corrected chi connectivity index (χ4v) is 3.97. The summed E-state index contributed by atoms with van der Waals surface area (Å²) < 4.78 is 5.89. The molecular weight excluding hydrogens is 438 g/mol. The van der Waals surface area contributed by atoms with Crippen molar-refractivity contribution in [3.63, 3.8) is 0 Å². The maximum absolute atomic E-state index is 10.5. The van der Waals surface area contributed by atoms with Gasteiger partial charge in [-0.2, -0.15) is 0 Å². The quantitative estimate of drug-likeness (QED) is 0.406. The van der Waals surface area contributed by atoms with E-state index in [1.54, 1.807) is 0 Å². The Morgan fingerprint density at radius 1 is 1.00 bits per heavy atom. The summed E-state index contributed by atoms with van der Waals surface area (Å²) in [6.45, 7) is 9.20. The molecule has 4 rings (SSSR count). The van der Waals surface area contributed by atoms with Crippen LogP contribution < -0.4 is 9.64 Å². The van der Waals surface area contributed by atoms with Crippen LogP contribution in [0.2, 0.25) is 0 Å². The molecule has 1 saturated heterocycles. The zero-order chi connectivity index (χ0) is 24.7. The van der Waals surface area contributed by atoms with Gasteiger partial charge in [0.25, 0.3) is 0 Å². The number of nitrogens with one attached hydrogen (secondary N) is 1. The molecule has 4 N–H and O–H groups in total. The highest BCUT2D eigenvalue weighted by Crippen LogP contribution is 2.25. The van der Waals surface area contributed by atoms with E-state index in [0.717, 1.165) is 42.8 Å². The third-order valence-corrected chi connectivity index (χ3v) is 5.93. The van der Waals surface area contributed by atoms with E-state index in [1.165, 1.54) is 16.8 Å². The number of fused-ring (bicyclic) bond motifs is 1. The van der Waals surface area contributed by atoms with Crippen LogP contribution in [-0.4, -0.2) is 82.6 Å². The van der Waals surface area contributed by atoms with Crippen molar-refractivity contribution in [3.05, 3.63) is 59.8 Å². The van der Waals surface area contributed by atoms with Gasteiger partial charge in [0.1, 0.15) is 18.5 Å². The Labute approximate surface area is 198 Å². The van der Waals surface area contributed by atoms with Gasteiger partial charge >= 0.3 is 11.9 Å². The molecule has 182 valence electrons. The molecule has 1 atom stereocenters. The van der Waals surface area contributed by atoms with Crippen molar-refractivity contribution in [1.29, 1.82) is 0 Å². The minimum Gasteiger partial charge on any atom is -0.490 e. The van der Waals surface area contributed by atoms with Crippen molar-refractivity contribution < 1.29 is 29.6 Å². The van der Waals surface area contributed by atoms with E-state index < -0.39 is 18.0 Å². The largest absolute Gasteiger partial charge is 0.490 e. The van der Waals surface area contributed by atoms with Crippen LogP contribution >= 0.6 is 0 Å². The Bertz CT molecular complexity index is 1110. The molecule has 0 aliphatic carbocycles. The molecule has 1 aromatic heterocycles. The van der Waals surface area contributed by atoms with E-state index in [0.29, 0.717) is 13.2 Å². The highest BCUT2D eigenvalue weighted by Gasteiger charge is 2.21. The molecule has 34 heavy (non-hydrogen) atoms. The van der Waals surface area contributed by atoms with Crippen molar-refractivity contribution in [1.82, 2.24) is 9.88 Å². The third-order valence-electron chi connectivity index (χ3n) is 5.93. The summed E-state index contributed by atoms with van der Waals surface area (Å²) in [5, 5.41) is 26.3. The van der Waals surface area contributed by atoms with E-state index in [9.17, 15) is 5.11 Å². The first kappa shape index (κ1) is 25.1. The second kappa shape index (κ2) is 11.5. The first-order valence-corrected chi connectivity index (χ1v) is 11.1. The van der Waals surface area contributed by atoms with Crippen LogP contribution in [-0.2, 0) is 9.59 Å². The van der Waals surface area contributed by atoms with Crippen molar-refractivity contribution in [2.45, 2.75) is 20.0 Å². The standard InChI is InChI=1S/C23H29N3O2.C2H2O4/c1-17-5-3-7-22(18(17)2)26-13-11-25(12-14-26)15-19(27)16-28-23-8-4-6-21-20(23)9-10-24-21;3-1(4)2(5)6/h3-10,19,24,27H,11-16H2,1-2H3;(H,3,4)(H,5,6)/t19-;/m0./s1. The summed E-state index contributed by atoms with van der Waals surface area (Å²) in [6, 6.07) is 14.5. The molecule has 0 unspecified atom stereocenters. The number of aliphatic hydroxyl groups excluding tert-OH is 1. The SMILES string of the molecule is Cc1cccc(N2CCN(C[C@H](O)COc3cccc4[nH]ccc34)CC2)c1C.O=C(O)C(=O)O. The molecule has 0 bridgehead atoms. The van der Waals surface area contributed by atoms with Gasteiger partial charge in [-0.1, -0.05) is 18.2 Å². The highest BCUT2D eigenvalue weighted by molar-refractivity contribution is 6.27. The highest BCUT2D eigenvalue weighted by atomic mass is 16.5. The maximum atomic E-state index is 10.5. The first-order chi connectivity index (χ1) is 16.3. The number of aromatic amines is 1. The van der Waals surface area contributed by atoms with Crippen molar-refractivity contribution in [2.24, 2.45) is 0 Å². The molecule has 0 amide bonds. The molecule has 9 heteroatoms. The Morgan fingerprint density at radius 2 is 1.68 bits per heavy atom. The Balaban J connectivity index is 0.000000481. The molecule has 0 spiro atoms. The van der Waals surface area contributed by atoms with Crippen LogP contribution in [0.5, 0.6) is 5.75 Å². The van der Waals surface area contributed by atoms with Crippen LogP contribution in [0.15, 0.2) is 48.7 Å². The number of ether oxygens (including phenoxy) is 1. The van der Waals surface area contributed by atoms with Crippen LogP contribution in [0.1, 0.15) is 11.1 Å². The van der Waals surface area contributed by atoms with Gasteiger partial charge in [-0.3, -0.25) is 4.90 Å². The zero-order valence-corrected chi connectivity index (χ0v) is 19.4. The second-order valence-corrected chi connectivity index (χ2v) is 8.28. The fourth-order valence-electron chi connectivity index (χ4n) is 3.97. The molecule has 2 aromatic carbocycles. The lowest BCUT2D eigenvalue weighted by atomic mass is 10.1. The second-order valence-electron chi connectivity index (χ2n) is 8.28. The number of aromatic nitrogens is 1. The lowest BCUT2D eigenvalue weighted by molar-refractivity contribution is -0.159.